The lowest BCUT2D eigenvalue weighted by Gasteiger charge is -2.20. The second-order valence-corrected chi connectivity index (χ2v) is 8.16. The van der Waals surface area contributed by atoms with Crippen LogP contribution in [0.5, 0.6) is 0 Å². The molecule has 1 aromatic carbocycles. The van der Waals surface area contributed by atoms with Gasteiger partial charge in [0.05, 0.1) is 11.8 Å². The Morgan fingerprint density at radius 1 is 1.35 bits per heavy atom. The van der Waals surface area contributed by atoms with E-state index in [4.69, 9.17) is 10.5 Å². The number of halogens is 2. The summed E-state index contributed by atoms with van der Waals surface area (Å²) in [5.74, 6) is 0. The van der Waals surface area contributed by atoms with Gasteiger partial charge >= 0.3 is 0 Å². The van der Waals surface area contributed by atoms with Crippen LogP contribution in [0.25, 0.3) is 0 Å². The molecule has 0 aliphatic heterocycles. The van der Waals surface area contributed by atoms with Crippen molar-refractivity contribution >= 4 is 47.6 Å². The van der Waals surface area contributed by atoms with Crippen molar-refractivity contribution < 1.29 is 13.2 Å². The highest BCUT2D eigenvalue weighted by Gasteiger charge is 2.32. The molecule has 2 atom stereocenters. The highest BCUT2D eigenvalue weighted by atomic mass is 79.9. The summed E-state index contributed by atoms with van der Waals surface area (Å²) in [6.45, 7) is 0. The number of nitrogens with one attached hydrogen (secondary N) is 1. The van der Waals surface area contributed by atoms with Gasteiger partial charge in [-0.15, -0.1) is 0 Å². The Morgan fingerprint density at radius 2 is 2.05 bits per heavy atom. The molecule has 0 saturated heterocycles. The van der Waals surface area contributed by atoms with Crippen LogP contribution < -0.4 is 10.5 Å². The molecule has 2 unspecified atom stereocenters. The van der Waals surface area contributed by atoms with Crippen LogP contribution in [-0.4, -0.2) is 27.7 Å². The second-order valence-electron chi connectivity index (χ2n) is 4.74. The molecule has 20 heavy (non-hydrogen) atoms. The number of nitrogens with two attached hydrogens (primary N) is 1. The maximum Gasteiger partial charge on any atom is 0.244 e. The third-order valence-electron chi connectivity index (χ3n) is 3.37. The van der Waals surface area contributed by atoms with Crippen LogP contribution in [0.3, 0.4) is 0 Å². The zero-order valence-corrected chi connectivity index (χ0v) is 14.9. The summed E-state index contributed by atoms with van der Waals surface area (Å²) in [6.07, 6.45) is 2.50. The van der Waals surface area contributed by atoms with Crippen LogP contribution in [0, 0.1) is 0 Å². The van der Waals surface area contributed by atoms with E-state index in [2.05, 4.69) is 36.6 Å². The van der Waals surface area contributed by atoms with Gasteiger partial charge in [-0.3, -0.25) is 0 Å². The third kappa shape index (κ3) is 3.36. The fourth-order valence-corrected chi connectivity index (χ4v) is 5.83. The maximum absolute atomic E-state index is 12.5. The Morgan fingerprint density at radius 3 is 2.65 bits per heavy atom. The van der Waals surface area contributed by atoms with Gasteiger partial charge in [0.15, 0.2) is 0 Å². The Balaban J connectivity index is 2.32. The first kappa shape index (κ1) is 16.2. The number of hydrogen-bond acceptors (Lipinski definition) is 4. The number of anilines is 1. The zero-order chi connectivity index (χ0) is 14.9. The summed E-state index contributed by atoms with van der Waals surface area (Å²) in [6, 6.07) is 3.02. The Hall–Kier alpha value is -0.150. The normalized spacial score (nSPS) is 23.1. The predicted octanol–water partition coefficient (Wildman–Crippen LogP) is 2.64. The average molecular weight is 428 g/mol. The van der Waals surface area contributed by atoms with Gasteiger partial charge in [0.25, 0.3) is 0 Å². The fraction of sp³-hybridized carbons (Fsp3) is 0.500. The van der Waals surface area contributed by atoms with Gasteiger partial charge in [0.1, 0.15) is 4.90 Å². The van der Waals surface area contributed by atoms with Crippen molar-refractivity contribution in [2.24, 2.45) is 0 Å². The summed E-state index contributed by atoms with van der Waals surface area (Å²) in [5.41, 5.74) is 6.04. The topological polar surface area (TPSA) is 81.4 Å². The summed E-state index contributed by atoms with van der Waals surface area (Å²) in [7, 11) is -2.09. The molecule has 0 bridgehead atoms. The highest BCUT2D eigenvalue weighted by molar-refractivity contribution is 9.11. The Kier molecular flexibility index (Phi) is 5.12. The largest absolute Gasteiger partial charge is 0.398 e. The molecule has 0 aromatic heterocycles. The zero-order valence-electron chi connectivity index (χ0n) is 10.9. The summed E-state index contributed by atoms with van der Waals surface area (Å²) < 4.78 is 34.2. The molecule has 0 amide bonds. The third-order valence-corrected chi connectivity index (χ3v) is 6.32. The quantitative estimate of drug-likeness (QED) is 0.723. The summed E-state index contributed by atoms with van der Waals surface area (Å²) >= 11 is 6.53. The number of hydrogen-bond donors (Lipinski definition) is 2. The standard InChI is InChI=1S/C12H16Br2N2O3S/c1-19-11-4-2-3-10(11)16-20(17,18)12-8(14)5-7(13)6-9(12)15/h5-6,10-11,16H,2-4,15H2,1H3. The minimum Gasteiger partial charge on any atom is -0.398 e. The molecule has 1 saturated carbocycles. The molecule has 0 spiro atoms. The lowest BCUT2D eigenvalue weighted by Crippen LogP contribution is -2.40. The van der Waals surface area contributed by atoms with E-state index in [0.717, 1.165) is 23.7 Å². The molecular weight excluding hydrogens is 412 g/mol. The smallest absolute Gasteiger partial charge is 0.244 e. The minimum absolute atomic E-state index is 0.0717. The lowest BCUT2D eigenvalue weighted by molar-refractivity contribution is 0.0916. The van der Waals surface area contributed by atoms with E-state index < -0.39 is 10.0 Å². The molecule has 2 rings (SSSR count). The van der Waals surface area contributed by atoms with Gasteiger partial charge < -0.3 is 10.5 Å². The molecule has 1 aromatic rings. The van der Waals surface area contributed by atoms with E-state index >= 15 is 0 Å². The van der Waals surface area contributed by atoms with E-state index in [-0.39, 0.29) is 22.7 Å². The van der Waals surface area contributed by atoms with Crippen LogP contribution in [0.2, 0.25) is 0 Å². The molecular formula is C12H16Br2N2O3S. The first-order chi connectivity index (χ1) is 9.35. The molecule has 5 nitrogen and oxygen atoms in total. The van der Waals surface area contributed by atoms with E-state index in [1.165, 1.54) is 0 Å². The average Bonchev–Trinajstić information content (AvgIpc) is 2.73. The lowest BCUT2D eigenvalue weighted by atomic mass is 10.2. The van der Waals surface area contributed by atoms with Crippen molar-refractivity contribution in [2.45, 2.75) is 36.3 Å². The van der Waals surface area contributed by atoms with Gasteiger partial charge in [0, 0.05) is 22.1 Å². The van der Waals surface area contributed by atoms with Crippen molar-refractivity contribution in [3.8, 4) is 0 Å². The first-order valence-corrected chi connectivity index (χ1v) is 9.21. The van der Waals surface area contributed by atoms with Crippen LogP contribution >= 0.6 is 31.9 Å². The second kappa shape index (κ2) is 6.31. The number of methoxy groups -OCH3 is 1. The predicted molar refractivity (Wildman–Crippen MR) is 85.0 cm³/mol. The van der Waals surface area contributed by atoms with Crippen LogP contribution in [-0.2, 0) is 14.8 Å². The molecule has 3 N–H and O–H groups in total. The number of benzene rings is 1. The molecule has 8 heteroatoms. The minimum atomic E-state index is -3.69. The van der Waals surface area contributed by atoms with Gasteiger partial charge in [-0.05, 0) is 47.3 Å². The van der Waals surface area contributed by atoms with E-state index in [0.29, 0.717) is 4.47 Å². The monoisotopic (exact) mass is 426 g/mol. The van der Waals surface area contributed by atoms with E-state index in [9.17, 15) is 8.42 Å². The number of rotatable bonds is 4. The Labute approximate surface area is 135 Å². The first-order valence-electron chi connectivity index (χ1n) is 6.15. The van der Waals surface area contributed by atoms with Crippen LogP contribution in [0.15, 0.2) is 26.0 Å². The van der Waals surface area contributed by atoms with Gasteiger partial charge in [0.2, 0.25) is 10.0 Å². The van der Waals surface area contributed by atoms with Gasteiger partial charge in [-0.2, -0.15) is 0 Å². The number of sulfonamides is 1. The fourth-order valence-electron chi connectivity index (χ4n) is 2.46. The number of nitrogen functional groups attached to an aromatic ring is 1. The molecule has 1 aliphatic carbocycles. The van der Waals surface area contributed by atoms with Crippen molar-refractivity contribution in [1.29, 1.82) is 0 Å². The van der Waals surface area contributed by atoms with Crippen LogP contribution in [0.1, 0.15) is 19.3 Å². The molecule has 1 fully saturated rings. The van der Waals surface area contributed by atoms with E-state index in [1.54, 1.807) is 19.2 Å². The molecule has 0 heterocycles. The van der Waals surface area contributed by atoms with Crippen molar-refractivity contribution in [3.63, 3.8) is 0 Å². The van der Waals surface area contributed by atoms with Crippen molar-refractivity contribution in [3.05, 3.63) is 21.1 Å². The van der Waals surface area contributed by atoms with E-state index in [1.807, 2.05) is 0 Å². The van der Waals surface area contributed by atoms with Crippen molar-refractivity contribution in [2.75, 3.05) is 12.8 Å². The Bertz CT molecular complexity index is 584. The van der Waals surface area contributed by atoms with Crippen molar-refractivity contribution in [1.82, 2.24) is 4.72 Å². The molecule has 1 aliphatic rings. The van der Waals surface area contributed by atoms with Gasteiger partial charge in [-0.1, -0.05) is 15.9 Å². The van der Waals surface area contributed by atoms with Crippen LogP contribution in [0.4, 0.5) is 5.69 Å². The molecule has 112 valence electrons. The summed E-state index contributed by atoms with van der Waals surface area (Å²) in [4.78, 5) is 0.0717. The maximum atomic E-state index is 12.5. The van der Waals surface area contributed by atoms with Gasteiger partial charge in [-0.25, -0.2) is 13.1 Å². The molecule has 0 radical (unpaired) electrons. The summed E-state index contributed by atoms with van der Waals surface area (Å²) in [5, 5.41) is 0. The highest BCUT2D eigenvalue weighted by Crippen LogP contribution is 2.32. The SMILES string of the molecule is COC1CCCC1NS(=O)(=O)c1c(N)cc(Br)cc1Br. The number of ether oxygens (including phenoxy) is 1.